The van der Waals surface area contributed by atoms with E-state index in [9.17, 15) is 14.4 Å². The van der Waals surface area contributed by atoms with E-state index in [1.807, 2.05) is 36.1 Å². The lowest BCUT2D eigenvalue weighted by molar-refractivity contribution is -0.145. The Balaban J connectivity index is 1.90. The topological polar surface area (TPSA) is 77.9 Å². The summed E-state index contributed by atoms with van der Waals surface area (Å²) in [6.07, 6.45) is 2.12. The molecular weight excluding hydrogens is 352 g/mol. The van der Waals surface area contributed by atoms with Crippen molar-refractivity contribution in [3.05, 3.63) is 29.8 Å². The number of carbonyl (C=O) groups is 3. The minimum atomic E-state index is -1.01. The van der Waals surface area contributed by atoms with Crippen molar-refractivity contribution >= 4 is 29.5 Å². The number of amides is 2. The summed E-state index contributed by atoms with van der Waals surface area (Å²) >= 11 is 1.54. The van der Waals surface area contributed by atoms with Gasteiger partial charge in [-0.05, 0) is 37.8 Å². The van der Waals surface area contributed by atoms with E-state index in [1.165, 1.54) is 11.8 Å². The number of hydrogen-bond acceptors (Lipinski definition) is 4. The van der Waals surface area contributed by atoms with Gasteiger partial charge in [0.25, 0.3) is 0 Å². The number of benzene rings is 1. The van der Waals surface area contributed by atoms with E-state index in [2.05, 4.69) is 0 Å². The number of rotatable bonds is 6. The number of aliphatic carboxylic acids is 1. The molecule has 0 aliphatic carbocycles. The van der Waals surface area contributed by atoms with E-state index in [0.29, 0.717) is 25.3 Å². The van der Waals surface area contributed by atoms with Crippen molar-refractivity contribution in [2.45, 2.75) is 44.0 Å². The van der Waals surface area contributed by atoms with E-state index in [1.54, 1.807) is 11.8 Å². The Labute approximate surface area is 158 Å². The summed E-state index contributed by atoms with van der Waals surface area (Å²) in [5.74, 6) is -0.757. The third-order valence-electron chi connectivity index (χ3n) is 4.65. The average molecular weight is 378 g/mol. The highest BCUT2D eigenvalue weighted by Gasteiger charge is 2.27. The lowest BCUT2D eigenvalue weighted by Gasteiger charge is -2.28. The van der Waals surface area contributed by atoms with Crippen LogP contribution in [-0.2, 0) is 14.4 Å². The number of carboxylic acid groups (broad SMARTS) is 1. The third-order valence-corrected chi connectivity index (χ3v) is 5.81. The molecule has 1 fully saturated rings. The predicted molar refractivity (Wildman–Crippen MR) is 101 cm³/mol. The Hall–Kier alpha value is -2.02. The van der Waals surface area contributed by atoms with Crippen LogP contribution >= 0.6 is 11.8 Å². The summed E-state index contributed by atoms with van der Waals surface area (Å²) in [4.78, 5) is 39.7. The van der Waals surface area contributed by atoms with Crippen molar-refractivity contribution in [1.82, 2.24) is 9.80 Å². The lowest BCUT2D eigenvalue weighted by atomic mass is 10.1. The zero-order valence-corrected chi connectivity index (χ0v) is 16.1. The number of nitrogens with zero attached hydrogens (tertiary/aromatic N) is 2. The SMILES string of the molecule is CC(=O)N(CC(=O)O)C1CCCN(C(=O)CSc2ccccc2C)CC1. The molecule has 1 saturated heterocycles. The number of thioether (sulfide) groups is 1. The Morgan fingerprint density at radius 2 is 1.96 bits per heavy atom. The van der Waals surface area contributed by atoms with E-state index < -0.39 is 5.97 Å². The van der Waals surface area contributed by atoms with Gasteiger partial charge >= 0.3 is 5.97 Å². The molecule has 6 nitrogen and oxygen atoms in total. The lowest BCUT2D eigenvalue weighted by Crippen LogP contribution is -2.43. The molecule has 1 atom stereocenters. The fourth-order valence-corrected chi connectivity index (χ4v) is 4.16. The van der Waals surface area contributed by atoms with Gasteiger partial charge in [-0.1, -0.05) is 18.2 Å². The van der Waals surface area contributed by atoms with Crippen LogP contribution in [0.3, 0.4) is 0 Å². The molecule has 2 amide bonds. The van der Waals surface area contributed by atoms with Crippen molar-refractivity contribution in [3.63, 3.8) is 0 Å². The van der Waals surface area contributed by atoms with Crippen LogP contribution in [0.1, 0.15) is 31.7 Å². The second kappa shape index (κ2) is 9.62. The smallest absolute Gasteiger partial charge is 0.323 e. The largest absolute Gasteiger partial charge is 0.480 e. The van der Waals surface area contributed by atoms with Gasteiger partial charge in [0.2, 0.25) is 11.8 Å². The monoisotopic (exact) mass is 378 g/mol. The molecule has 142 valence electrons. The van der Waals surface area contributed by atoms with Crippen LogP contribution in [0, 0.1) is 6.92 Å². The highest BCUT2D eigenvalue weighted by Crippen LogP contribution is 2.23. The molecule has 0 spiro atoms. The zero-order valence-electron chi connectivity index (χ0n) is 15.3. The second-order valence-electron chi connectivity index (χ2n) is 6.56. The molecule has 1 aromatic rings. The summed E-state index contributed by atoms with van der Waals surface area (Å²) < 4.78 is 0. The number of hydrogen-bond donors (Lipinski definition) is 1. The molecule has 1 aromatic carbocycles. The molecule has 1 aliphatic heterocycles. The maximum Gasteiger partial charge on any atom is 0.323 e. The van der Waals surface area contributed by atoms with Crippen LogP contribution in [0.15, 0.2) is 29.2 Å². The highest BCUT2D eigenvalue weighted by molar-refractivity contribution is 8.00. The number of carboxylic acids is 1. The standard InChI is InChI=1S/C19H26N2O4S/c1-14-6-3-4-8-17(14)26-13-18(23)20-10-5-7-16(9-11-20)21(15(2)22)12-19(24)25/h3-4,6,8,16H,5,7,9-13H2,1-2H3,(H,24,25). The summed E-state index contributed by atoms with van der Waals surface area (Å²) in [7, 11) is 0. The molecule has 0 saturated carbocycles. The first kappa shape index (κ1) is 20.3. The summed E-state index contributed by atoms with van der Waals surface area (Å²) in [6, 6.07) is 7.87. The van der Waals surface area contributed by atoms with Gasteiger partial charge in [-0.25, -0.2) is 0 Å². The Morgan fingerprint density at radius 3 is 2.62 bits per heavy atom. The molecule has 1 aliphatic rings. The summed E-state index contributed by atoms with van der Waals surface area (Å²) in [6.45, 7) is 4.36. The minimum Gasteiger partial charge on any atom is -0.480 e. The van der Waals surface area contributed by atoms with Gasteiger partial charge in [-0.3, -0.25) is 14.4 Å². The van der Waals surface area contributed by atoms with Crippen LogP contribution in [0.25, 0.3) is 0 Å². The molecule has 1 N–H and O–H groups in total. The average Bonchev–Trinajstić information content (AvgIpc) is 2.84. The van der Waals surface area contributed by atoms with Crippen molar-refractivity contribution in [1.29, 1.82) is 0 Å². The Bertz CT molecular complexity index is 665. The fourth-order valence-electron chi connectivity index (χ4n) is 3.23. The molecule has 0 bridgehead atoms. The van der Waals surface area contributed by atoms with Gasteiger partial charge in [0.05, 0.1) is 5.75 Å². The zero-order chi connectivity index (χ0) is 19.1. The molecular formula is C19H26N2O4S. The van der Waals surface area contributed by atoms with Crippen molar-refractivity contribution in [3.8, 4) is 0 Å². The van der Waals surface area contributed by atoms with Crippen LogP contribution in [-0.4, -0.2) is 64.1 Å². The first-order valence-corrected chi connectivity index (χ1v) is 9.82. The van der Waals surface area contributed by atoms with Crippen molar-refractivity contribution < 1.29 is 19.5 Å². The molecule has 7 heteroatoms. The van der Waals surface area contributed by atoms with Crippen LogP contribution in [0.5, 0.6) is 0 Å². The van der Waals surface area contributed by atoms with Crippen LogP contribution < -0.4 is 0 Å². The van der Waals surface area contributed by atoms with Gasteiger partial charge in [-0.2, -0.15) is 0 Å². The van der Waals surface area contributed by atoms with Gasteiger partial charge in [-0.15, -0.1) is 11.8 Å². The molecule has 1 heterocycles. The molecule has 0 aromatic heterocycles. The predicted octanol–water partition coefficient (Wildman–Crippen LogP) is 2.40. The van der Waals surface area contributed by atoms with Gasteiger partial charge < -0.3 is 14.9 Å². The van der Waals surface area contributed by atoms with E-state index in [4.69, 9.17) is 5.11 Å². The molecule has 0 radical (unpaired) electrons. The first-order chi connectivity index (χ1) is 12.4. The second-order valence-corrected chi connectivity index (χ2v) is 7.58. The van der Waals surface area contributed by atoms with E-state index in [0.717, 1.165) is 23.3 Å². The maximum atomic E-state index is 12.6. The van der Waals surface area contributed by atoms with Gasteiger partial charge in [0.15, 0.2) is 0 Å². The first-order valence-electron chi connectivity index (χ1n) is 8.83. The van der Waals surface area contributed by atoms with Gasteiger partial charge in [0, 0.05) is 31.0 Å². The summed E-state index contributed by atoms with van der Waals surface area (Å²) in [5.41, 5.74) is 1.16. The quantitative estimate of drug-likeness (QED) is 0.769. The number of aryl methyl sites for hydroxylation is 1. The van der Waals surface area contributed by atoms with E-state index in [-0.39, 0.29) is 24.4 Å². The van der Waals surface area contributed by atoms with Crippen LogP contribution in [0.4, 0.5) is 0 Å². The van der Waals surface area contributed by atoms with Crippen molar-refractivity contribution in [2.75, 3.05) is 25.4 Å². The molecule has 26 heavy (non-hydrogen) atoms. The van der Waals surface area contributed by atoms with Crippen LogP contribution in [0.2, 0.25) is 0 Å². The maximum absolute atomic E-state index is 12.6. The minimum absolute atomic E-state index is 0.0894. The number of carbonyl (C=O) groups excluding carboxylic acids is 2. The van der Waals surface area contributed by atoms with E-state index >= 15 is 0 Å². The fraction of sp³-hybridized carbons (Fsp3) is 0.526. The normalized spacial score (nSPS) is 17.5. The third kappa shape index (κ3) is 5.76. The van der Waals surface area contributed by atoms with Crippen molar-refractivity contribution in [2.24, 2.45) is 0 Å². The number of likely N-dealkylation sites (tertiary alicyclic amines) is 1. The Kier molecular flexibility index (Phi) is 7.50. The van der Waals surface area contributed by atoms with Gasteiger partial charge in [0.1, 0.15) is 6.54 Å². The highest BCUT2D eigenvalue weighted by atomic mass is 32.2. The molecule has 2 rings (SSSR count). The Morgan fingerprint density at radius 1 is 1.23 bits per heavy atom. The molecule has 1 unspecified atom stereocenters. The summed E-state index contributed by atoms with van der Waals surface area (Å²) in [5, 5.41) is 9.01.